The third-order valence-corrected chi connectivity index (χ3v) is 9.41. The van der Waals surface area contributed by atoms with Crippen molar-refractivity contribution < 1.29 is 17.6 Å². The predicted molar refractivity (Wildman–Crippen MR) is 148 cm³/mol. The van der Waals surface area contributed by atoms with E-state index in [1.54, 1.807) is 43.8 Å². The fraction of sp³-hybridized carbons (Fsp3) is 0.310. The van der Waals surface area contributed by atoms with Crippen molar-refractivity contribution in [2.45, 2.75) is 30.1 Å². The number of sulfonamides is 1. The fourth-order valence-corrected chi connectivity index (χ4v) is 6.57. The zero-order valence-electron chi connectivity index (χ0n) is 22.2. The summed E-state index contributed by atoms with van der Waals surface area (Å²) in [5.74, 6) is 0.451. The summed E-state index contributed by atoms with van der Waals surface area (Å²) in [5.41, 5.74) is 5.51. The second kappa shape index (κ2) is 10.2. The summed E-state index contributed by atoms with van der Waals surface area (Å²) in [6, 6.07) is 17.5. The Kier molecular flexibility index (Phi) is 6.72. The number of likely N-dealkylation sites (N-methyl/N-ethyl adjacent to an activating group) is 1. The maximum absolute atomic E-state index is 13.4. The second-order valence-electron chi connectivity index (χ2n) is 10.2. The number of hydrogen-bond acceptors (Lipinski definition) is 8. The smallest absolute Gasteiger partial charge is 0.243 e. The number of anilines is 1. The quantitative estimate of drug-likeness (QED) is 0.329. The summed E-state index contributed by atoms with van der Waals surface area (Å²) < 4.78 is 39.6. The molecule has 4 aromatic rings. The summed E-state index contributed by atoms with van der Waals surface area (Å²) in [6.45, 7) is 2.56. The first-order valence-corrected chi connectivity index (χ1v) is 14.3. The van der Waals surface area contributed by atoms with E-state index in [1.165, 1.54) is 16.3 Å². The van der Waals surface area contributed by atoms with Gasteiger partial charge in [-0.25, -0.2) is 13.4 Å². The van der Waals surface area contributed by atoms with Crippen molar-refractivity contribution in [3.63, 3.8) is 0 Å². The number of aromatic nitrogens is 2. The molecule has 0 radical (unpaired) electrons. The monoisotopic (exact) mass is 545 g/mol. The number of ether oxygens (including phenoxy) is 1. The molecule has 0 aliphatic carbocycles. The van der Waals surface area contributed by atoms with E-state index < -0.39 is 10.0 Å². The van der Waals surface area contributed by atoms with Gasteiger partial charge in [-0.15, -0.1) is 0 Å². The van der Waals surface area contributed by atoms with Crippen LogP contribution < -0.4 is 4.90 Å². The molecule has 2 aliphatic rings. The molecular formula is C29H31N5O4S. The molecule has 0 amide bonds. The maximum Gasteiger partial charge on any atom is 0.243 e. The molecule has 10 heteroatoms. The highest BCUT2D eigenvalue weighted by Gasteiger charge is 2.32. The van der Waals surface area contributed by atoms with Gasteiger partial charge in [-0.05, 0) is 73.3 Å². The fourth-order valence-electron chi connectivity index (χ4n) is 5.17. The Balaban J connectivity index is 1.19. The molecule has 1 atom stereocenters. The average Bonchev–Trinajstić information content (AvgIpc) is 3.59. The number of fused-ring (bicyclic) bond motifs is 1. The van der Waals surface area contributed by atoms with Gasteiger partial charge in [0.15, 0.2) is 0 Å². The lowest BCUT2D eigenvalue weighted by Crippen LogP contribution is -2.57. The lowest BCUT2D eigenvalue weighted by molar-refractivity contribution is 0.133. The van der Waals surface area contributed by atoms with Gasteiger partial charge >= 0.3 is 0 Å². The standard InChI is InChI=1S/C29H31N5O4S/c1-32(2)25-18-33(19-25)24-6-4-5-21(13-24)28(37-3)27-14-22-16-34(17-23(22)15-31-27)39(35,36)26-9-7-20(8-10-26)29-30-11-12-38-29/h4-15,25,28H,16-19H2,1-3H3. The van der Waals surface area contributed by atoms with Crippen molar-refractivity contribution in [1.82, 2.24) is 19.2 Å². The molecule has 2 aromatic heterocycles. The molecule has 0 spiro atoms. The minimum atomic E-state index is -3.69. The van der Waals surface area contributed by atoms with Crippen LogP contribution in [0.3, 0.4) is 0 Å². The van der Waals surface area contributed by atoms with Gasteiger partial charge in [-0.1, -0.05) is 12.1 Å². The van der Waals surface area contributed by atoms with Gasteiger partial charge in [-0.3, -0.25) is 4.98 Å². The van der Waals surface area contributed by atoms with Crippen LogP contribution in [0.25, 0.3) is 11.5 Å². The Morgan fingerprint density at radius 1 is 1.03 bits per heavy atom. The van der Waals surface area contributed by atoms with Crippen molar-refractivity contribution in [3.05, 3.63) is 95.6 Å². The highest BCUT2D eigenvalue weighted by atomic mass is 32.2. The van der Waals surface area contributed by atoms with Gasteiger partial charge in [0, 0.05) is 56.8 Å². The van der Waals surface area contributed by atoms with Crippen molar-refractivity contribution >= 4 is 15.7 Å². The largest absolute Gasteiger partial charge is 0.445 e. The number of nitrogens with zero attached hydrogens (tertiary/aromatic N) is 5. The Labute approximate surface area is 228 Å². The topological polar surface area (TPSA) is 92.0 Å². The minimum absolute atomic E-state index is 0.230. The highest BCUT2D eigenvalue weighted by Crippen LogP contribution is 2.34. The number of pyridine rings is 1. The first kappa shape index (κ1) is 25.7. The molecule has 0 bridgehead atoms. The van der Waals surface area contributed by atoms with E-state index in [4.69, 9.17) is 9.15 Å². The van der Waals surface area contributed by atoms with E-state index in [0.29, 0.717) is 11.9 Å². The Hall–Kier alpha value is -3.57. The molecule has 2 aliphatic heterocycles. The molecule has 6 rings (SSSR count). The van der Waals surface area contributed by atoms with Crippen LogP contribution in [0.5, 0.6) is 0 Å². The van der Waals surface area contributed by atoms with Gasteiger partial charge in [0.25, 0.3) is 0 Å². The third kappa shape index (κ3) is 4.85. The van der Waals surface area contributed by atoms with Crippen LogP contribution in [0.4, 0.5) is 5.69 Å². The zero-order chi connectivity index (χ0) is 27.1. The van der Waals surface area contributed by atoms with E-state index in [0.717, 1.165) is 41.0 Å². The summed E-state index contributed by atoms with van der Waals surface area (Å²) in [6.07, 6.45) is 4.47. The van der Waals surface area contributed by atoms with Crippen molar-refractivity contribution in [2.24, 2.45) is 0 Å². The van der Waals surface area contributed by atoms with Gasteiger partial charge in [-0.2, -0.15) is 4.31 Å². The van der Waals surface area contributed by atoms with Crippen molar-refractivity contribution in [2.75, 3.05) is 39.2 Å². The number of hydrogen-bond donors (Lipinski definition) is 0. The zero-order valence-corrected chi connectivity index (χ0v) is 23.0. The molecule has 1 unspecified atom stereocenters. The Morgan fingerprint density at radius 3 is 2.49 bits per heavy atom. The van der Waals surface area contributed by atoms with Crippen molar-refractivity contribution in [3.8, 4) is 11.5 Å². The lowest BCUT2D eigenvalue weighted by atomic mass is 10.0. The van der Waals surface area contributed by atoms with Crippen LogP contribution in [0.2, 0.25) is 0 Å². The molecule has 202 valence electrons. The van der Waals surface area contributed by atoms with Crippen LogP contribution in [-0.2, 0) is 27.8 Å². The molecule has 0 N–H and O–H groups in total. The summed E-state index contributed by atoms with van der Waals surface area (Å²) >= 11 is 0. The number of oxazole rings is 1. The predicted octanol–water partition coefficient (Wildman–Crippen LogP) is 3.93. The molecular weight excluding hydrogens is 514 g/mol. The van der Waals surface area contributed by atoms with E-state index in [9.17, 15) is 8.42 Å². The molecule has 1 fully saturated rings. The second-order valence-corrected chi connectivity index (χ2v) is 12.2. The van der Waals surface area contributed by atoms with Crippen LogP contribution in [0.15, 0.2) is 82.6 Å². The molecule has 9 nitrogen and oxygen atoms in total. The van der Waals surface area contributed by atoms with Gasteiger partial charge in [0.1, 0.15) is 12.4 Å². The van der Waals surface area contributed by atoms with E-state index in [1.807, 2.05) is 6.07 Å². The first-order chi connectivity index (χ1) is 18.8. The molecule has 1 saturated heterocycles. The van der Waals surface area contributed by atoms with Crippen LogP contribution >= 0.6 is 0 Å². The van der Waals surface area contributed by atoms with Gasteiger partial charge in [0.05, 0.1) is 16.8 Å². The molecule has 39 heavy (non-hydrogen) atoms. The number of benzene rings is 2. The van der Waals surface area contributed by atoms with Crippen LogP contribution in [0.1, 0.15) is 28.5 Å². The lowest BCUT2D eigenvalue weighted by Gasteiger charge is -2.44. The normalized spacial score (nSPS) is 16.9. The SMILES string of the molecule is COC(c1cccc(N2CC(N(C)C)C2)c1)c1cc2c(cn1)CN(S(=O)(=O)c1ccc(-c3ncco3)cc1)C2. The van der Waals surface area contributed by atoms with E-state index in [2.05, 4.69) is 58.1 Å². The van der Waals surface area contributed by atoms with E-state index in [-0.39, 0.29) is 24.1 Å². The molecule has 0 saturated carbocycles. The van der Waals surface area contributed by atoms with Crippen LogP contribution in [-0.4, -0.2) is 67.9 Å². The highest BCUT2D eigenvalue weighted by molar-refractivity contribution is 7.89. The number of methoxy groups -OCH3 is 1. The van der Waals surface area contributed by atoms with Gasteiger partial charge < -0.3 is 19.0 Å². The molecule has 2 aromatic carbocycles. The van der Waals surface area contributed by atoms with Gasteiger partial charge in [0.2, 0.25) is 15.9 Å². The Bertz CT molecular complexity index is 1570. The third-order valence-electron chi connectivity index (χ3n) is 7.60. The van der Waals surface area contributed by atoms with E-state index >= 15 is 0 Å². The van der Waals surface area contributed by atoms with Crippen LogP contribution in [0, 0.1) is 0 Å². The average molecular weight is 546 g/mol. The van der Waals surface area contributed by atoms with Crippen molar-refractivity contribution in [1.29, 1.82) is 0 Å². The summed E-state index contributed by atoms with van der Waals surface area (Å²) in [5, 5.41) is 0. The summed E-state index contributed by atoms with van der Waals surface area (Å²) in [4.78, 5) is 13.6. The Morgan fingerprint density at radius 2 is 1.79 bits per heavy atom. The minimum Gasteiger partial charge on any atom is -0.445 e. The summed E-state index contributed by atoms with van der Waals surface area (Å²) in [7, 11) is 2.21. The maximum atomic E-state index is 13.4. The molecule has 4 heterocycles. The number of rotatable bonds is 8. The first-order valence-electron chi connectivity index (χ1n) is 12.9.